The number of hydrogen-bond donors (Lipinski definition) is 1. The molecular formula is C25H30ClN3O4. The number of halogens is 1. The first-order valence-electron chi connectivity index (χ1n) is 11.5. The van der Waals surface area contributed by atoms with Crippen LogP contribution >= 0.6 is 11.6 Å². The number of rotatable bonds is 9. The van der Waals surface area contributed by atoms with Crippen LogP contribution in [0.15, 0.2) is 48.5 Å². The fourth-order valence-corrected chi connectivity index (χ4v) is 4.57. The molecule has 0 spiro atoms. The first-order valence-corrected chi connectivity index (χ1v) is 11.8. The molecule has 8 heteroatoms. The van der Waals surface area contributed by atoms with E-state index >= 15 is 0 Å². The normalized spacial score (nSPS) is 15.0. The number of para-hydroxylation sites is 1. The Morgan fingerprint density at radius 1 is 1.09 bits per heavy atom. The van der Waals surface area contributed by atoms with Crippen molar-refractivity contribution in [3.8, 4) is 0 Å². The Morgan fingerprint density at radius 3 is 2.36 bits per heavy atom. The van der Waals surface area contributed by atoms with Crippen molar-refractivity contribution >= 4 is 29.1 Å². The summed E-state index contributed by atoms with van der Waals surface area (Å²) < 4.78 is 0. The molecule has 0 saturated heterocycles. The first kappa shape index (κ1) is 24.7. The van der Waals surface area contributed by atoms with Gasteiger partial charge in [0, 0.05) is 29.2 Å². The standard InChI is InChI=1S/C25H30ClN3O4/c1-2-22(25(31)27-20-12-4-3-5-13-20)28(17-19-11-6-8-14-21(19)26)24(30)16-18-10-7-9-15-23(18)29(32)33/h6-11,14-15,20,22H,2-5,12-13,16-17H2,1H3,(H,27,31)/t22-/m0/s1. The van der Waals surface area contributed by atoms with E-state index in [9.17, 15) is 19.7 Å². The maximum atomic E-state index is 13.5. The molecule has 1 saturated carbocycles. The number of nitro groups is 1. The highest BCUT2D eigenvalue weighted by Crippen LogP contribution is 2.24. The summed E-state index contributed by atoms with van der Waals surface area (Å²) >= 11 is 6.36. The van der Waals surface area contributed by atoms with Gasteiger partial charge in [0.25, 0.3) is 5.69 Å². The molecular weight excluding hydrogens is 442 g/mol. The zero-order chi connectivity index (χ0) is 23.8. The Balaban J connectivity index is 1.87. The number of nitro benzene ring substituents is 1. The summed E-state index contributed by atoms with van der Waals surface area (Å²) in [6.45, 7) is 2.01. The van der Waals surface area contributed by atoms with E-state index in [4.69, 9.17) is 11.6 Å². The van der Waals surface area contributed by atoms with Crippen molar-refractivity contribution in [2.75, 3.05) is 0 Å². The molecule has 0 heterocycles. The molecule has 0 bridgehead atoms. The van der Waals surface area contributed by atoms with Gasteiger partial charge in [-0.2, -0.15) is 0 Å². The molecule has 2 aromatic carbocycles. The summed E-state index contributed by atoms with van der Waals surface area (Å²) in [5, 5.41) is 15.1. The van der Waals surface area contributed by atoms with E-state index in [1.165, 1.54) is 17.4 Å². The zero-order valence-electron chi connectivity index (χ0n) is 18.8. The summed E-state index contributed by atoms with van der Waals surface area (Å²) in [6, 6.07) is 12.8. The van der Waals surface area contributed by atoms with Crippen molar-refractivity contribution in [1.82, 2.24) is 10.2 Å². The molecule has 33 heavy (non-hydrogen) atoms. The predicted molar refractivity (Wildman–Crippen MR) is 128 cm³/mol. The van der Waals surface area contributed by atoms with E-state index in [1.807, 2.05) is 19.1 Å². The lowest BCUT2D eigenvalue weighted by molar-refractivity contribution is -0.385. The van der Waals surface area contributed by atoms with Crippen LogP contribution in [0.3, 0.4) is 0 Å². The first-order chi connectivity index (χ1) is 15.9. The minimum Gasteiger partial charge on any atom is -0.352 e. The fourth-order valence-electron chi connectivity index (χ4n) is 4.38. The third kappa shape index (κ3) is 6.54. The van der Waals surface area contributed by atoms with Crippen molar-refractivity contribution in [2.45, 2.75) is 70.5 Å². The number of hydrogen-bond acceptors (Lipinski definition) is 4. The molecule has 1 aliphatic rings. The Kier molecular flexibility index (Phi) is 8.83. The monoisotopic (exact) mass is 471 g/mol. The highest BCUT2D eigenvalue weighted by atomic mass is 35.5. The van der Waals surface area contributed by atoms with Gasteiger partial charge in [0.2, 0.25) is 11.8 Å². The van der Waals surface area contributed by atoms with Crippen LogP contribution in [0.25, 0.3) is 0 Å². The van der Waals surface area contributed by atoms with Crippen LogP contribution in [0.5, 0.6) is 0 Å². The van der Waals surface area contributed by atoms with Crippen LogP contribution in [0.4, 0.5) is 5.69 Å². The van der Waals surface area contributed by atoms with Gasteiger partial charge in [-0.3, -0.25) is 19.7 Å². The Morgan fingerprint density at radius 2 is 1.73 bits per heavy atom. The smallest absolute Gasteiger partial charge is 0.273 e. The number of benzene rings is 2. The van der Waals surface area contributed by atoms with Gasteiger partial charge in [0.1, 0.15) is 6.04 Å². The van der Waals surface area contributed by atoms with Crippen LogP contribution in [-0.4, -0.2) is 33.7 Å². The van der Waals surface area contributed by atoms with Crippen molar-refractivity contribution < 1.29 is 14.5 Å². The van der Waals surface area contributed by atoms with E-state index in [2.05, 4.69) is 5.32 Å². The molecule has 0 radical (unpaired) electrons. The highest BCUT2D eigenvalue weighted by Gasteiger charge is 2.31. The molecule has 1 N–H and O–H groups in total. The van der Waals surface area contributed by atoms with E-state index in [0.717, 1.165) is 31.2 Å². The Bertz CT molecular complexity index is 991. The molecule has 2 amide bonds. The minimum absolute atomic E-state index is 0.108. The lowest BCUT2D eigenvalue weighted by Crippen LogP contribution is -2.52. The van der Waals surface area contributed by atoms with Gasteiger partial charge >= 0.3 is 0 Å². The Hall–Kier alpha value is -2.93. The maximum Gasteiger partial charge on any atom is 0.273 e. The molecule has 7 nitrogen and oxygen atoms in total. The van der Waals surface area contributed by atoms with Crippen LogP contribution in [0.2, 0.25) is 5.02 Å². The molecule has 1 atom stereocenters. The van der Waals surface area contributed by atoms with Gasteiger partial charge in [-0.25, -0.2) is 0 Å². The molecule has 176 valence electrons. The molecule has 0 aliphatic heterocycles. The second-order valence-electron chi connectivity index (χ2n) is 8.44. The van der Waals surface area contributed by atoms with Crippen molar-refractivity contribution in [1.29, 1.82) is 0 Å². The molecule has 0 unspecified atom stereocenters. The molecule has 2 aromatic rings. The summed E-state index contributed by atoms with van der Waals surface area (Å²) in [4.78, 5) is 39.2. The van der Waals surface area contributed by atoms with Crippen molar-refractivity contribution in [3.05, 3.63) is 74.8 Å². The zero-order valence-corrected chi connectivity index (χ0v) is 19.6. The van der Waals surface area contributed by atoms with Gasteiger partial charge in [0.05, 0.1) is 11.3 Å². The maximum absolute atomic E-state index is 13.5. The van der Waals surface area contributed by atoms with Crippen LogP contribution in [-0.2, 0) is 22.6 Å². The average Bonchev–Trinajstić information content (AvgIpc) is 2.81. The van der Waals surface area contributed by atoms with Crippen molar-refractivity contribution in [3.63, 3.8) is 0 Å². The van der Waals surface area contributed by atoms with E-state index in [1.54, 1.807) is 30.3 Å². The van der Waals surface area contributed by atoms with Crippen LogP contribution in [0, 0.1) is 10.1 Å². The number of amides is 2. The Labute approximate surface area is 199 Å². The van der Waals surface area contributed by atoms with E-state index in [0.29, 0.717) is 17.0 Å². The molecule has 1 aliphatic carbocycles. The van der Waals surface area contributed by atoms with Crippen LogP contribution in [0.1, 0.15) is 56.6 Å². The largest absolute Gasteiger partial charge is 0.352 e. The van der Waals surface area contributed by atoms with Crippen LogP contribution < -0.4 is 5.32 Å². The second kappa shape index (κ2) is 11.8. The third-order valence-electron chi connectivity index (χ3n) is 6.17. The number of carbonyl (C=O) groups excluding carboxylic acids is 2. The van der Waals surface area contributed by atoms with Gasteiger partial charge in [-0.15, -0.1) is 0 Å². The molecule has 1 fully saturated rings. The number of nitrogens with zero attached hydrogens (tertiary/aromatic N) is 2. The van der Waals surface area contributed by atoms with Crippen molar-refractivity contribution in [2.24, 2.45) is 0 Å². The van der Waals surface area contributed by atoms with Gasteiger partial charge in [-0.05, 0) is 30.9 Å². The lowest BCUT2D eigenvalue weighted by atomic mass is 9.95. The lowest BCUT2D eigenvalue weighted by Gasteiger charge is -2.33. The van der Waals surface area contributed by atoms with E-state index < -0.39 is 11.0 Å². The second-order valence-corrected chi connectivity index (χ2v) is 8.85. The summed E-state index contributed by atoms with van der Waals surface area (Å²) in [5.74, 6) is -0.540. The predicted octanol–water partition coefficient (Wildman–Crippen LogP) is 5.05. The van der Waals surface area contributed by atoms with Gasteiger partial charge < -0.3 is 10.2 Å². The highest BCUT2D eigenvalue weighted by molar-refractivity contribution is 6.31. The SMILES string of the molecule is CC[C@@H](C(=O)NC1CCCCC1)N(Cc1ccccc1Cl)C(=O)Cc1ccccc1[N+](=O)[O-]. The minimum atomic E-state index is -0.696. The number of carbonyl (C=O) groups is 2. The molecule has 0 aromatic heterocycles. The van der Waals surface area contributed by atoms with E-state index in [-0.39, 0.29) is 36.5 Å². The quantitative estimate of drug-likeness (QED) is 0.409. The van der Waals surface area contributed by atoms with Gasteiger partial charge in [-0.1, -0.05) is 74.2 Å². The molecule has 3 rings (SSSR count). The summed E-state index contributed by atoms with van der Waals surface area (Å²) in [5.41, 5.74) is 0.932. The summed E-state index contributed by atoms with van der Waals surface area (Å²) in [6.07, 6.45) is 5.48. The average molecular weight is 472 g/mol. The third-order valence-corrected chi connectivity index (χ3v) is 6.53. The van der Waals surface area contributed by atoms with Gasteiger partial charge in [0.15, 0.2) is 0 Å². The topological polar surface area (TPSA) is 92.6 Å². The fraction of sp³-hybridized carbons (Fsp3) is 0.440. The number of nitrogens with one attached hydrogen (secondary N) is 1. The summed E-state index contributed by atoms with van der Waals surface area (Å²) in [7, 11) is 0.